The Morgan fingerprint density at radius 2 is 1.65 bits per heavy atom. The van der Waals surface area contributed by atoms with E-state index in [1.54, 1.807) is 24.4 Å². The molecule has 2 heterocycles. The third kappa shape index (κ3) is 2.28. The molecular weight excluding hydrogens is 292 g/mol. The molecule has 0 radical (unpaired) electrons. The van der Waals surface area contributed by atoms with Gasteiger partial charge in [0.25, 0.3) is 0 Å². The minimum Gasteiger partial charge on any atom is -0.422 e. The van der Waals surface area contributed by atoms with Crippen molar-refractivity contribution in [1.82, 2.24) is 9.55 Å². The second kappa shape index (κ2) is 5.14. The Morgan fingerprint density at radius 3 is 2.48 bits per heavy atom. The maximum atomic E-state index is 12.2. The summed E-state index contributed by atoms with van der Waals surface area (Å²) in [6.07, 6.45) is 1.61. The van der Waals surface area contributed by atoms with Crippen LogP contribution in [0.25, 0.3) is 27.9 Å². The number of benzene rings is 2. The predicted molar refractivity (Wildman–Crippen MR) is 87.9 cm³/mol. The quantitative estimate of drug-likeness (QED) is 0.579. The zero-order valence-electron chi connectivity index (χ0n) is 12.0. The number of nitrogens with zero attached hydrogens (tertiary/aromatic N) is 1. The van der Waals surface area contributed by atoms with Crippen molar-refractivity contribution in [2.24, 2.45) is 0 Å². The van der Waals surface area contributed by atoms with Crippen LogP contribution in [0.1, 0.15) is 0 Å². The van der Waals surface area contributed by atoms with Gasteiger partial charge in [-0.2, -0.15) is 0 Å². The first-order valence-electron chi connectivity index (χ1n) is 7.13. The average molecular weight is 304 g/mol. The molecular formula is C18H12N2O3. The lowest BCUT2D eigenvalue weighted by atomic mass is 10.1. The molecule has 2 aromatic carbocycles. The molecule has 112 valence electrons. The monoisotopic (exact) mass is 304 g/mol. The summed E-state index contributed by atoms with van der Waals surface area (Å²) in [6.45, 7) is 0. The van der Waals surface area contributed by atoms with Gasteiger partial charge in [0.1, 0.15) is 5.58 Å². The van der Waals surface area contributed by atoms with Gasteiger partial charge in [-0.25, -0.2) is 9.59 Å². The van der Waals surface area contributed by atoms with E-state index in [1.807, 2.05) is 42.5 Å². The summed E-state index contributed by atoms with van der Waals surface area (Å²) in [5, 5.41) is 0.801. The van der Waals surface area contributed by atoms with Crippen molar-refractivity contribution in [2.45, 2.75) is 0 Å². The lowest BCUT2D eigenvalue weighted by molar-refractivity contribution is 0.563. The highest BCUT2D eigenvalue weighted by molar-refractivity contribution is 5.80. The molecule has 0 aliphatic heterocycles. The summed E-state index contributed by atoms with van der Waals surface area (Å²) < 4.78 is 6.78. The van der Waals surface area contributed by atoms with Crippen molar-refractivity contribution < 1.29 is 4.42 Å². The first kappa shape index (κ1) is 13.3. The van der Waals surface area contributed by atoms with Gasteiger partial charge in [-0.3, -0.25) is 4.57 Å². The van der Waals surface area contributed by atoms with Gasteiger partial charge in [0, 0.05) is 11.6 Å². The van der Waals surface area contributed by atoms with E-state index in [-0.39, 0.29) is 5.69 Å². The largest absolute Gasteiger partial charge is 0.422 e. The maximum absolute atomic E-state index is 12.2. The molecule has 0 amide bonds. The molecule has 0 atom stereocenters. The number of aromatic nitrogens is 2. The van der Waals surface area contributed by atoms with E-state index in [0.29, 0.717) is 16.8 Å². The van der Waals surface area contributed by atoms with E-state index in [1.165, 1.54) is 4.57 Å². The number of aromatic amines is 1. The summed E-state index contributed by atoms with van der Waals surface area (Å²) in [4.78, 5) is 27.1. The van der Waals surface area contributed by atoms with Gasteiger partial charge in [-0.1, -0.05) is 36.4 Å². The molecule has 5 heteroatoms. The van der Waals surface area contributed by atoms with Gasteiger partial charge < -0.3 is 9.40 Å². The highest BCUT2D eigenvalue weighted by Crippen LogP contribution is 2.19. The van der Waals surface area contributed by atoms with Crippen LogP contribution >= 0.6 is 0 Å². The second-order valence-corrected chi connectivity index (χ2v) is 5.16. The van der Waals surface area contributed by atoms with Crippen LogP contribution in [0.2, 0.25) is 0 Å². The predicted octanol–water partition coefficient (Wildman–Crippen LogP) is 2.94. The van der Waals surface area contributed by atoms with E-state index in [4.69, 9.17) is 4.42 Å². The number of fused-ring (bicyclic) bond motifs is 1. The molecule has 5 nitrogen and oxygen atoms in total. The van der Waals surface area contributed by atoms with E-state index in [2.05, 4.69) is 4.98 Å². The number of hydrogen-bond acceptors (Lipinski definition) is 3. The first-order valence-corrected chi connectivity index (χ1v) is 7.13. The van der Waals surface area contributed by atoms with Gasteiger partial charge in [0.2, 0.25) is 0 Å². The molecule has 0 saturated heterocycles. The lowest BCUT2D eigenvalue weighted by Crippen LogP contribution is -2.13. The average Bonchev–Trinajstić information content (AvgIpc) is 2.96. The van der Waals surface area contributed by atoms with Gasteiger partial charge in [-0.15, -0.1) is 0 Å². The summed E-state index contributed by atoms with van der Waals surface area (Å²) in [5.41, 5.74) is 1.22. The smallest absolute Gasteiger partial charge is 0.345 e. The van der Waals surface area contributed by atoms with Crippen molar-refractivity contribution in [3.05, 3.63) is 87.8 Å². The van der Waals surface area contributed by atoms with E-state index < -0.39 is 5.63 Å². The number of nitrogens with one attached hydrogen (secondary N) is 1. The zero-order chi connectivity index (χ0) is 15.8. The Hall–Kier alpha value is -3.34. The highest BCUT2D eigenvalue weighted by atomic mass is 16.4. The van der Waals surface area contributed by atoms with Crippen molar-refractivity contribution in [2.75, 3.05) is 0 Å². The number of rotatable bonds is 2. The molecule has 0 aliphatic rings. The zero-order valence-corrected chi connectivity index (χ0v) is 12.0. The Balaban J connectivity index is 1.91. The fraction of sp³-hybridized carbons (Fsp3) is 0. The van der Waals surface area contributed by atoms with E-state index in [0.717, 1.165) is 11.1 Å². The number of para-hydroxylation sites is 2. The van der Waals surface area contributed by atoms with Crippen LogP contribution in [0.4, 0.5) is 0 Å². The minimum atomic E-state index is -0.481. The lowest BCUT2D eigenvalue weighted by Gasteiger charge is -2.00. The molecule has 4 rings (SSSR count). The van der Waals surface area contributed by atoms with E-state index >= 15 is 0 Å². The van der Waals surface area contributed by atoms with Gasteiger partial charge in [0.15, 0.2) is 0 Å². The van der Waals surface area contributed by atoms with Crippen LogP contribution in [0.15, 0.2) is 80.9 Å². The Kier molecular flexibility index (Phi) is 2.98. The van der Waals surface area contributed by atoms with E-state index in [9.17, 15) is 9.59 Å². The standard InChI is InChI=1S/C18H12N2O3/c21-17-14(10-12-6-4-5-9-16(12)23-17)15-11-20(18(22)19-15)13-7-2-1-3-8-13/h1-11H,(H,19,22). The molecule has 0 aliphatic carbocycles. The minimum absolute atomic E-state index is 0.307. The fourth-order valence-corrected chi connectivity index (χ4v) is 2.56. The Bertz CT molecular complexity index is 1100. The van der Waals surface area contributed by atoms with Gasteiger partial charge >= 0.3 is 11.3 Å². The third-order valence-electron chi connectivity index (χ3n) is 3.68. The molecule has 0 bridgehead atoms. The van der Waals surface area contributed by atoms with Gasteiger partial charge in [0.05, 0.1) is 16.9 Å². The summed E-state index contributed by atoms with van der Waals surface area (Å²) in [6, 6.07) is 18.2. The topological polar surface area (TPSA) is 68.0 Å². The van der Waals surface area contributed by atoms with Crippen LogP contribution < -0.4 is 11.3 Å². The van der Waals surface area contributed by atoms with Crippen LogP contribution in [0.3, 0.4) is 0 Å². The molecule has 0 unspecified atom stereocenters. The summed E-state index contributed by atoms with van der Waals surface area (Å²) >= 11 is 0. The Labute approximate surface area is 130 Å². The molecule has 1 N–H and O–H groups in total. The molecule has 0 spiro atoms. The van der Waals surface area contributed by atoms with Gasteiger partial charge in [-0.05, 0) is 24.3 Å². The SMILES string of the molecule is O=c1oc2ccccc2cc1-c1cn(-c2ccccc2)c(=O)[nH]1. The van der Waals surface area contributed by atoms with Crippen molar-refractivity contribution >= 4 is 11.0 Å². The molecule has 23 heavy (non-hydrogen) atoms. The number of hydrogen-bond donors (Lipinski definition) is 1. The van der Waals surface area contributed by atoms with Crippen LogP contribution in [-0.2, 0) is 0 Å². The third-order valence-corrected chi connectivity index (χ3v) is 3.68. The van der Waals surface area contributed by atoms with Crippen LogP contribution in [-0.4, -0.2) is 9.55 Å². The normalized spacial score (nSPS) is 11.0. The summed E-state index contributed by atoms with van der Waals surface area (Å²) in [7, 11) is 0. The molecule has 0 saturated carbocycles. The molecule has 0 fully saturated rings. The highest BCUT2D eigenvalue weighted by Gasteiger charge is 2.12. The number of H-pyrrole nitrogens is 1. The summed E-state index contributed by atoms with van der Waals surface area (Å²) in [5.74, 6) is 0. The van der Waals surface area contributed by atoms with Crippen molar-refractivity contribution in [3.63, 3.8) is 0 Å². The first-order chi connectivity index (χ1) is 11.2. The van der Waals surface area contributed by atoms with Crippen LogP contribution in [0, 0.1) is 0 Å². The Morgan fingerprint density at radius 1 is 0.913 bits per heavy atom. The second-order valence-electron chi connectivity index (χ2n) is 5.16. The van der Waals surface area contributed by atoms with Crippen LogP contribution in [0.5, 0.6) is 0 Å². The van der Waals surface area contributed by atoms with Crippen molar-refractivity contribution in [1.29, 1.82) is 0 Å². The molecule has 2 aromatic heterocycles. The van der Waals surface area contributed by atoms with Crippen molar-refractivity contribution in [3.8, 4) is 16.9 Å². The molecule has 4 aromatic rings. The maximum Gasteiger partial charge on any atom is 0.345 e. The number of imidazole rings is 1. The fourth-order valence-electron chi connectivity index (χ4n) is 2.56.